The van der Waals surface area contributed by atoms with E-state index < -0.39 is 0 Å². The van der Waals surface area contributed by atoms with E-state index in [0.717, 1.165) is 46.2 Å². The summed E-state index contributed by atoms with van der Waals surface area (Å²) < 4.78 is 2.26. The number of aryl methyl sites for hydroxylation is 2. The van der Waals surface area contributed by atoms with E-state index in [4.69, 9.17) is 0 Å². The Labute approximate surface area is 155 Å². The van der Waals surface area contributed by atoms with E-state index in [2.05, 4.69) is 16.5 Å². The zero-order chi connectivity index (χ0) is 18.1. The molecule has 0 atom stereocenters. The molecule has 3 aromatic heterocycles. The molecule has 0 aliphatic rings. The lowest BCUT2D eigenvalue weighted by Crippen LogP contribution is -2.17. The van der Waals surface area contributed by atoms with E-state index in [-0.39, 0.29) is 5.56 Å². The Balaban J connectivity index is 1.89. The highest BCUT2D eigenvalue weighted by Crippen LogP contribution is 2.32. The molecule has 0 radical (unpaired) electrons. The molecule has 4 rings (SSSR count). The quantitative estimate of drug-likeness (QED) is 0.378. The van der Waals surface area contributed by atoms with Crippen LogP contribution in [0.1, 0.15) is 24.0 Å². The summed E-state index contributed by atoms with van der Waals surface area (Å²) >= 11 is 1.43. The van der Waals surface area contributed by atoms with Gasteiger partial charge >= 0.3 is 0 Å². The predicted molar refractivity (Wildman–Crippen MR) is 108 cm³/mol. The molecular weight excluding hydrogens is 342 g/mol. The molecule has 0 fully saturated rings. The summed E-state index contributed by atoms with van der Waals surface area (Å²) in [6, 6.07) is 9.91. The molecule has 0 aliphatic heterocycles. The minimum Gasteiger partial charge on any atom is -0.267 e. The number of hydrogen-bond donors (Lipinski definition) is 0. The highest BCUT2D eigenvalue weighted by atomic mass is 32.1. The van der Waals surface area contributed by atoms with Crippen molar-refractivity contribution in [2.45, 2.75) is 26.2 Å². The molecule has 0 saturated carbocycles. The van der Waals surface area contributed by atoms with E-state index >= 15 is 0 Å². The molecule has 4 nitrogen and oxygen atoms in total. The third-order valence-corrected chi connectivity index (χ3v) is 5.61. The fourth-order valence-corrected chi connectivity index (χ4v) is 4.22. The molecule has 0 bridgehead atoms. The number of allylic oxidation sites excluding steroid dienone is 1. The fraction of sp³-hybridized carbons (Fsp3) is 0.190. The van der Waals surface area contributed by atoms with Crippen molar-refractivity contribution in [2.75, 3.05) is 0 Å². The number of benzene rings is 1. The maximum absolute atomic E-state index is 13.0. The first-order valence-corrected chi connectivity index (χ1v) is 9.46. The van der Waals surface area contributed by atoms with Crippen molar-refractivity contribution < 1.29 is 0 Å². The van der Waals surface area contributed by atoms with Gasteiger partial charge in [-0.25, -0.2) is 9.97 Å². The number of pyridine rings is 1. The molecule has 0 aliphatic carbocycles. The molecular formula is C21H19N3OS. The Bertz CT molecular complexity index is 1160. The molecule has 0 saturated heterocycles. The molecule has 0 amide bonds. The lowest BCUT2D eigenvalue weighted by molar-refractivity contribution is 0.849. The van der Waals surface area contributed by atoms with Gasteiger partial charge in [0.1, 0.15) is 15.9 Å². The average Bonchev–Trinajstić information content (AvgIpc) is 3.04. The normalized spacial score (nSPS) is 11.3. The van der Waals surface area contributed by atoms with Gasteiger partial charge in [0.15, 0.2) is 0 Å². The molecule has 130 valence electrons. The van der Waals surface area contributed by atoms with Gasteiger partial charge in [-0.1, -0.05) is 23.8 Å². The third kappa shape index (κ3) is 2.84. The number of fused-ring (bicyclic) bond motifs is 3. The number of thiophene rings is 1. The van der Waals surface area contributed by atoms with Crippen molar-refractivity contribution in [3.05, 3.63) is 77.0 Å². The molecule has 4 aromatic rings. The Kier molecular flexibility index (Phi) is 4.39. The SMILES string of the molecule is C=CCCCc1ccnc2sc3c(=O)n(-c4ccc(C)cc4)cnc3c12. The number of nitrogens with zero attached hydrogens (tertiary/aromatic N) is 3. The van der Waals surface area contributed by atoms with E-state index in [1.807, 2.05) is 49.5 Å². The number of aromatic nitrogens is 3. The van der Waals surface area contributed by atoms with Crippen molar-refractivity contribution in [2.24, 2.45) is 0 Å². The molecule has 0 unspecified atom stereocenters. The van der Waals surface area contributed by atoms with Crippen molar-refractivity contribution in [1.82, 2.24) is 14.5 Å². The van der Waals surface area contributed by atoms with Gasteiger partial charge < -0.3 is 0 Å². The molecule has 26 heavy (non-hydrogen) atoms. The van der Waals surface area contributed by atoms with Crippen LogP contribution in [0.5, 0.6) is 0 Å². The Hall–Kier alpha value is -2.79. The minimum atomic E-state index is -0.0427. The second kappa shape index (κ2) is 6.84. The van der Waals surface area contributed by atoms with Crippen molar-refractivity contribution in [3.8, 4) is 5.69 Å². The van der Waals surface area contributed by atoms with Crippen LogP contribution in [0.25, 0.3) is 26.1 Å². The first kappa shape index (κ1) is 16.7. The Morgan fingerprint density at radius 2 is 2.00 bits per heavy atom. The van der Waals surface area contributed by atoms with Crippen LogP contribution in [0.3, 0.4) is 0 Å². The highest BCUT2D eigenvalue weighted by molar-refractivity contribution is 7.25. The first-order chi connectivity index (χ1) is 12.7. The summed E-state index contributed by atoms with van der Waals surface area (Å²) in [6.07, 6.45) is 8.31. The van der Waals surface area contributed by atoms with Gasteiger partial charge in [-0.15, -0.1) is 17.9 Å². The summed E-state index contributed by atoms with van der Waals surface area (Å²) in [5, 5.41) is 1.02. The molecule has 3 heterocycles. The monoisotopic (exact) mass is 361 g/mol. The standard InChI is InChI=1S/C21H19N3OS/c1-3-4-5-6-15-11-12-22-20-17(15)18-19(26-20)21(25)24(13-23-18)16-9-7-14(2)8-10-16/h3,7-13H,1,4-6H2,2H3. The second-order valence-corrected chi connectivity index (χ2v) is 7.37. The van der Waals surface area contributed by atoms with Crippen LogP contribution in [0.15, 0.2) is 60.3 Å². The topological polar surface area (TPSA) is 47.8 Å². The Morgan fingerprint density at radius 1 is 1.19 bits per heavy atom. The van der Waals surface area contributed by atoms with Crippen LogP contribution in [0, 0.1) is 6.92 Å². The van der Waals surface area contributed by atoms with E-state index in [1.165, 1.54) is 16.9 Å². The van der Waals surface area contributed by atoms with Gasteiger partial charge in [0.05, 0.1) is 11.2 Å². The summed E-state index contributed by atoms with van der Waals surface area (Å²) in [4.78, 5) is 23.0. The van der Waals surface area contributed by atoms with Gasteiger partial charge in [0.2, 0.25) is 0 Å². The lowest BCUT2D eigenvalue weighted by atomic mass is 10.1. The predicted octanol–water partition coefficient (Wildman–Crippen LogP) is 4.81. The van der Waals surface area contributed by atoms with Crippen molar-refractivity contribution in [1.29, 1.82) is 0 Å². The fourth-order valence-electron chi connectivity index (χ4n) is 3.15. The van der Waals surface area contributed by atoms with Crippen LogP contribution in [-0.4, -0.2) is 14.5 Å². The van der Waals surface area contributed by atoms with Crippen LogP contribution in [-0.2, 0) is 6.42 Å². The smallest absolute Gasteiger partial charge is 0.267 e. The van der Waals surface area contributed by atoms with Crippen molar-refractivity contribution >= 4 is 31.8 Å². The maximum Gasteiger partial charge on any atom is 0.275 e. The van der Waals surface area contributed by atoms with Crippen molar-refractivity contribution in [3.63, 3.8) is 0 Å². The van der Waals surface area contributed by atoms with Crippen LogP contribution in [0.2, 0.25) is 0 Å². The highest BCUT2D eigenvalue weighted by Gasteiger charge is 2.15. The molecule has 1 aromatic carbocycles. The summed E-state index contributed by atoms with van der Waals surface area (Å²) in [5.41, 5.74) is 3.90. The summed E-state index contributed by atoms with van der Waals surface area (Å²) in [7, 11) is 0. The second-order valence-electron chi connectivity index (χ2n) is 6.37. The van der Waals surface area contributed by atoms with Gasteiger partial charge in [-0.05, 0) is 49.9 Å². The summed E-state index contributed by atoms with van der Waals surface area (Å²) in [6.45, 7) is 5.81. The average molecular weight is 361 g/mol. The maximum atomic E-state index is 13.0. The molecule has 5 heteroatoms. The summed E-state index contributed by atoms with van der Waals surface area (Å²) in [5.74, 6) is 0. The minimum absolute atomic E-state index is 0.0427. The van der Waals surface area contributed by atoms with Crippen LogP contribution < -0.4 is 5.56 Å². The molecule has 0 spiro atoms. The van der Waals surface area contributed by atoms with Gasteiger partial charge in [-0.3, -0.25) is 9.36 Å². The van der Waals surface area contributed by atoms with Gasteiger partial charge in [-0.2, -0.15) is 0 Å². The number of rotatable bonds is 5. The van der Waals surface area contributed by atoms with Crippen LogP contribution in [0.4, 0.5) is 0 Å². The van der Waals surface area contributed by atoms with Gasteiger partial charge in [0, 0.05) is 11.6 Å². The van der Waals surface area contributed by atoms with E-state index in [1.54, 1.807) is 10.9 Å². The number of hydrogen-bond acceptors (Lipinski definition) is 4. The largest absolute Gasteiger partial charge is 0.275 e. The Morgan fingerprint density at radius 3 is 2.77 bits per heavy atom. The van der Waals surface area contributed by atoms with Crippen LogP contribution >= 0.6 is 11.3 Å². The molecule has 0 N–H and O–H groups in total. The van der Waals surface area contributed by atoms with Gasteiger partial charge in [0.25, 0.3) is 5.56 Å². The van der Waals surface area contributed by atoms with E-state index in [0.29, 0.717) is 4.70 Å². The van der Waals surface area contributed by atoms with E-state index in [9.17, 15) is 4.79 Å². The number of unbranched alkanes of at least 4 members (excludes halogenated alkanes) is 1. The zero-order valence-electron chi connectivity index (χ0n) is 14.6. The lowest BCUT2D eigenvalue weighted by Gasteiger charge is -2.06. The third-order valence-electron chi connectivity index (χ3n) is 4.53. The first-order valence-electron chi connectivity index (χ1n) is 8.64. The zero-order valence-corrected chi connectivity index (χ0v) is 15.4.